The number of rotatable bonds is 4. The third-order valence-corrected chi connectivity index (χ3v) is 3.73. The number of furan rings is 1. The lowest BCUT2D eigenvalue weighted by atomic mass is 9.99. The number of phenolic OH excluding ortho intramolecular Hbond substituents is 1. The Labute approximate surface area is 133 Å². The molecule has 0 unspecified atom stereocenters. The molecule has 5 nitrogen and oxygen atoms in total. The van der Waals surface area contributed by atoms with Crippen LogP contribution in [0.2, 0.25) is 0 Å². The third-order valence-electron chi connectivity index (χ3n) is 3.73. The minimum atomic E-state index is -0.248. The number of hydrogen-bond donors (Lipinski definition) is 1. The summed E-state index contributed by atoms with van der Waals surface area (Å²) in [7, 11) is 3.04. The number of carbonyl (C=O) groups is 1. The van der Waals surface area contributed by atoms with Gasteiger partial charge in [-0.25, -0.2) is 0 Å². The second-order valence-electron chi connectivity index (χ2n) is 5.11. The largest absolute Gasteiger partial charge is 0.508 e. The summed E-state index contributed by atoms with van der Waals surface area (Å²) in [6.07, 6.45) is 0. The molecule has 23 heavy (non-hydrogen) atoms. The van der Waals surface area contributed by atoms with E-state index >= 15 is 0 Å². The Bertz CT molecular complexity index is 892. The van der Waals surface area contributed by atoms with E-state index in [1.165, 1.54) is 26.4 Å². The molecule has 0 atom stereocenters. The Morgan fingerprint density at radius 2 is 1.87 bits per heavy atom. The van der Waals surface area contributed by atoms with Crippen LogP contribution in [0, 0.1) is 6.92 Å². The molecule has 0 saturated carbocycles. The van der Waals surface area contributed by atoms with Crippen molar-refractivity contribution in [3.05, 3.63) is 53.3 Å². The second kappa shape index (κ2) is 5.68. The molecule has 2 aromatic carbocycles. The van der Waals surface area contributed by atoms with Gasteiger partial charge in [-0.3, -0.25) is 4.79 Å². The molecular weight excluding hydrogens is 296 g/mol. The average molecular weight is 312 g/mol. The van der Waals surface area contributed by atoms with Crippen LogP contribution < -0.4 is 9.47 Å². The van der Waals surface area contributed by atoms with Gasteiger partial charge in [-0.15, -0.1) is 0 Å². The predicted octanol–water partition coefficient (Wildman–Crippen LogP) is 3.70. The molecule has 0 aliphatic carbocycles. The first kappa shape index (κ1) is 15.0. The van der Waals surface area contributed by atoms with Crippen LogP contribution in [0.4, 0.5) is 0 Å². The van der Waals surface area contributed by atoms with Crippen LogP contribution in [0.1, 0.15) is 21.7 Å². The van der Waals surface area contributed by atoms with E-state index in [1.807, 2.05) is 0 Å². The smallest absolute Gasteiger partial charge is 0.201 e. The van der Waals surface area contributed by atoms with Crippen molar-refractivity contribution in [3.63, 3.8) is 0 Å². The number of ether oxygens (including phenoxy) is 2. The van der Waals surface area contributed by atoms with E-state index in [0.717, 1.165) is 0 Å². The van der Waals surface area contributed by atoms with Crippen molar-refractivity contribution in [3.8, 4) is 17.2 Å². The van der Waals surface area contributed by atoms with Crippen LogP contribution in [0.5, 0.6) is 17.2 Å². The molecule has 1 aromatic heterocycles. The van der Waals surface area contributed by atoms with Gasteiger partial charge in [0.15, 0.2) is 0 Å². The maximum absolute atomic E-state index is 13.0. The Kier molecular flexibility index (Phi) is 3.70. The van der Waals surface area contributed by atoms with E-state index in [9.17, 15) is 9.90 Å². The van der Waals surface area contributed by atoms with Crippen molar-refractivity contribution < 1.29 is 23.8 Å². The fourth-order valence-electron chi connectivity index (χ4n) is 2.62. The van der Waals surface area contributed by atoms with Crippen LogP contribution in [-0.2, 0) is 0 Å². The summed E-state index contributed by atoms with van der Waals surface area (Å²) in [6.45, 7) is 1.72. The van der Waals surface area contributed by atoms with Gasteiger partial charge >= 0.3 is 0 Å². The number of hydrogen-bond acceptors (Lipinski definition) is 5. The van der Waals surface area contributed by atoms with Gasteiger partial charge in [-0.1, -0.05) is 0 Å². The quantitative estimate of drug-likeness (QED) is 0.744. The zero-order valence-electron chi connectivity index (χ0n) is 13.0. The van der Waals surface area contributed by atoms with E-state index in [4.69, 9.17) is 13.9 Å². The highest BCUT2D eigenvalue weighted by Crippen LogP contribution is 2.33. The van der Waals surface area contributed by atoms with Crippen LogP contribution in [0.25, 0.3) is 11.0 Å². The molecule has 0 bridgehead atoms. The SMILES string of the molecule is COc1ccc(OC)c(C(=O)c2c(C)oc3ccc(O)cc23)c1. The fraction of sp³-hybridized carbons (Fsp3) is 0.167. The van der Waals surface area contributed by atoms with E-state index in [1.54, 1.807) is 31.2 Å². The van der Waals surface area contributed by atoms with Gasteiger partial charge in [-0.05, 0) is 43.3 Å². The van der Waals surface area contributed by atoms with E-state index in [0.29, 0.717) is 39.4 Å². The maximum atomic E-state index is 13.0. The second-order valence-corrected chi connectivity index (χ2v) is 5.11. The van der Waals surface area contributed by atoms with Gasteiger partial charge in [-0.2, -0.15) is 0 Å². The lowest BCUT2D eigenvalue weighted by Crippen LogP contribution is -2.05. The van der Waals surface area contributed by atoms with Crippen molar-refractivity contribution in [2.45, 2.75) is 6.92 Å². The predicted molar refractivity (Wildman–Crippen MR) is 85.6 cm³/mol. The lowest BCUT2D eigenvalue weighted by Gasteiger charge is -2.09. The molecule has 0 spiro atoms. The zero-order chi connectivity index (χ0) is 16.6. The first-order chi connectivity index (χ1) is 11.0. The van der Waals surface area contributed by atoms with Gasteiger partial charge in [0.25, 0.3) is 0 Å². The molecule has 1 N–H and O–H groups in total. The molecule has 3 aromatic rings. The summed E-state index contributed by atoms with van der Waals surface area (Å²) >= 11 is 0. The number of phenols is 1. The van der Waals surface area contributed by atoms with Crippen molar-refractivity contribution >= 4 is 16.8 Å². The molecule has 0 aliphatic rings. The number of methoxy groups -OCH3 is 2. The number of ketones is 1. The van der Waals surface area contributed by atoms with Crippen molar-refractivity contribution in [1.82, 2.24) is 0 Å². The van der Waals surface area contributed by atoms with Gasteiger partial charge < -0.3 is 19.0 Å². The molecular formula is C18H16O5. The van der Waals surface area contributed by atoms with Crippen LogP contribution in [-0.4, -0.2) is 25.1 Å². The number of aryl methyl sites for hydroxylation is 1. The van der Waals surface area contributed by atoms with E-state index < -0.39 is 0 Å². The monoisotopic (exact) mass is 312 g/mol. The lowest BCUT2D eigenvalue weighted by molar-refractivity contribution is 0.103. The van der Waals surface area contributed by atoms with E-state index in [2.05, 4.69) is 0 Å². The highest BCUT2D eigenvalue weighted by atomic mass is 16.5. The van der Waals surface area contributed by atoms with Crippen LogP contribution in [0.3, 0.4) is 0 Å². The molecule has 0 aliphatic heterocycles. The summed E-state index contributed by atoms with van der Waals surface area (Å²) in [4.78, 5) is 13.0. The van der Waals surface area contributed by atoms with Crippen molar-refractivity contribution in [1.29, 1.82) is 0 Å². The summed E-state index contributed by atoms with van der Waals surface area (Å²) in [5.74, 6) is 1.32. The fourth-order valence-corrected chi connectivity index (χ4v) is 2.62. The van der Waals surface area contributed by atoms with Crippen LogP contribution >= 0.6 is 0 Å². The highest BCUT2D eigenvalue weighted by molar-refractivity contribution is 6.18. The summed E-state index contributed by atoms with van der Waals surface area (Å²) in [5.41, 5.74) is 1.33. The molecule has 3 rings (SSSR count). The number of fused-ring (bicyclic) bond motifs is 1. The summed E-state index contributed by atoms with van der Waals surface area (Å²) < 4.78 is 16.1. The molecule has 0 radical (unpaired) electrons. The maximum Gasteiger partial charge on any atom is 0.201 e. The van der Waals surface area contributed by atoms with Crippen molar-refractivity contribution in [2.75, 3.05) is 14.2 Å². The minimum absolute atomic E-state index is 0.0740. The third kappa shape index (κ3) is 2.50. The topological polar surface area (TPSA) is 68.9 Å². The molecule has 118 valence electrons. The summed E-state index contributed by atoms with van der Waals surface area (Å²) in [5, 5.41) is 10.3. The molecule has 5 heteroatoms. The van der Waals surface area contributed by atoms with E-state index in [-0.39, 0.29) is 11.5 Å². The molecule has 0 amide bonds. The van der Waals surface area contributed by atoms with Gasteiger partial charge in [0.1, 0.15) is 28.6 Å². The first-order valence-electron chi connectivity index (χ1n) is 7.04. The normalized spacial score (nSPS) is 10.7. The Morgan fingerprint density at radius 1 is 1.09 bits per heavy atom. The zero-order valence-corrected chi connectivity index (χ0v) is 13.0. The standard InChI is InChI=1S/C18H16O5/c1-10-17(13-8-11(19)4-6-16(13)23-10)18(20)14-9-12(21-2)5-7-15(14)22-3/h4-9,19H,1-3H3. The van der Waals surface area contributed by atoms with Crippen molar-refractivity contribution in [2.24, 2.45) is 0 Å². The number of benzene rings is 2. The minimum Gasteiger partial charge on any atom is -0.508 e. The first-order valence-corrected chi connectivity index (χ1v) is 7.04. The Balaban J connectivity index is 2.21. The van der Waals surface area contributed by atoms with Crippen LogP contribution in [0.15, 0.2) is 40.8 Å². The Morgan fingerprint density at radius 3 is 2.57 bits per heavy atom. The Hall–Kier alpha value is -2.95. The molecule has 0 saturated heterocycles. The summed E-state index contributed by atoms with van der Waals surface area (Å²) in [6, 6.07) is 9.71. The highest BCUT2D eigenvalue weighted by Gasteiger charge is 2.23. The van der Waals surface area contributed by atoms with Gasteiger partial charge in [0.2, 0.25) is 5.78 Å². The molecule has 1 heterocycles. The number of aromatic hydroxyl groups is 1. The number of carbonyl (C=O) groups excluding carboxylic acids is 1. The molecule has 0 fully saturated rings. The van der Waals surface area contributed by atoms with Gasteiger partial charge in [0, 0.05) is 5.39 Å². The van der Waals surface area contributed by atoms with Gasteiger partial charge in [0.05, 0.1) is 25.3 Å². The average Bonchev–Trinajstić information content (AvgIpc) is 2.88.